The molecule has 0 aromatic carbocycles. The van der Waals surface area contributed by atoms with Gasteiger partial charge in [-0.2, -0.15) is 0 Å². The molecule has 0 aromatic heterocycles. The van der Waals surface area contributed by atoms with E-state index in [0.29, 0.717) is 11.3 Å². The number of carbonyl (C=O) groups is 1. The summed E-state index contributed by atoms with van der Waals surface area (Å²) < 4.78 is 0. The molecule has 3 fully saturated rings. The molecule has 0 radical (unpaired) electrons. The van der Waals surface area contributed by atoms with Crippen molar-refractivity contribution in [1.29, 1.82) is 0 Å². The van der Waals surface area contributed by atoms with Crippen LogP contribution in [0.1, 0.15) is 65.2 Å². The third-order valence-corrected chi connectivity index (χ3v) is 6.17. The zero-order valence-corrected chi connectivity index (χ0v) is 13.8. The minimum absolute atomic E-state index is 0.0926. The van der Waals surface area contributed by atoms with Crippen LogP contribution >= 0.6 is 0 Å². The van der Waals surface area contributed by atoms with Gasteiger partial charge in [0.05, 0.1) is 6.04 Å². The summed E-state index contributed by atoms with van der Waals surface area (Å²) in [5.41, 5.74) is 0.386. The summed E-state index contributed by atoms with van der Waals surface area (Å²) in [5.74, 6) is 2.37. The largest absolute Gasteiger partial charge is 0.354 e. The molecule has 120 valence electrons. The molecule has 1 heterocycles. The Morgan fingerprint density at radius 1 is 1.24 bits per heavy atom. The van der Waals surface area contributed by atoms with Crippen molar-refractivity contribution in [2.45, 2.75) is 71.3 Å². The molecule has 3 rings (SSSR count). The monoisotopic (exact) mass is 292 g/mol. The Balaban J connectivity index is 1.55. The van der Waals surface area contributed by atoms with E-state index in [-0.39, 0.29) is 11.9 Å². The maximum Gasteiger partial charge on any atom is 0.237 e. The van der Waals surface area contributed by atoms with Crippen LogP contribution in [0.4, 0.5) is 0 Å². The van der Waals surface area contributed by atoms with Gasteiger partial charge in [0, 0.05) is 6.54 Å². The molecule has 3 nitrogen and oxygen atoms in total. The quantitative estimate of drug-likeness (QED) is 0.817. The van der Waals surface area contributed by atoms with E-state index in [2.05, 4.69) is 24.5 Å². The van der Waals surface area contributed by atoms with Crippen LogP contribution in [-0.2, 0) is 4.79 Å². The second-order valence-corrected chi connectivity index (χ2v) is 8.26. The van der Waals surface area contributed by atoms with Crippen LogP contribution in [-0.4, -0.2) is 25.0 Å². The summed E-state index contributed by atoms with van der Waals surface area (Å²) in [6.45, 7) is 6.58. The van der Waals surface area contributed by atoms with E-state index in [1.807, 2.05) is 0 Å². The molecule has 2 N–H and O–H groups in total. The highest BCUT2D eigenvalue weighted by Gasteiger charge is 2.43. The number of hydrogen-bond donors (Lipinski definition) is 2. The van der Waals surface area contributed by atoms with Gasteiger partial charge >= 0.3 is 0 Å². The summed E-state index contributed by atoms with van der Waals surface area (Å²) in [6.07, 6.45) is 10.4. The fraction of sp³-hybridized carbons (Fsp3) is 0.944. The molecule has 2 saturated carbocycles. The fourth-order valence-electron chi connectivity index (χ4n) is 5.30. The van der Waals surface area contributed by atoms with Crippen LogP contribution in [0.5, 0.6) is 0 Å². The third-order valence-electron chi connectivity index (χ3n) is 6.17. The van der Waals surface area contributed by atoms with E-state index in [1.165, 1.54) is 51.4 Å². The molecule has 3 aliphatic rings. The summed E-state index contributed by atoms with van der Waals surface area (Å²) >= 11 is 0. The number of rotatable bonds is 5. The molecular weight excluding hydrogens is 260 g/mol. The summed E-state index contributed by atoms with van der Waals surface area (Å²) in [5, 5.41) is 6.80. The van der Waals surface area contributed by atoms with Crippen LogP contribution in [0.3, 0.4) is 0 Å². The molecule has 1 amide bonds. The molecule has 3 unspecified atom stereocenters. The zero-order chi connectivity index (χ0) is 14.9. The SMILES string of the molecule is CC(C)CC1(CNC(=O)C2NCC3CCCC32)CCCC1. The summed E-state index contributed by atoms with van der Waals surface area (Å²) in [6, 6.07) is 0.0926. The second-order valence-electron chi connectivity index (χ2n) is 8.26. The molecule has 1 aliphatic heterocycles. The Kier molecular flexibility index (Phi) is 4.58. The zero-order valence-electron chi connectivity index (χ0n) is 13.8. The Morgan fingerprint density at radius 2 is 2.00 bits per heavy atom. The van der Waals surface area contributed by atoms with Crippen molar-refractivity contribution in [3.05, 3.63) is 0 Å². The maximum absolute atomic E-state index is 12.6. The molecule has 0 spiro atoms. The van der Waals surface area contributed by atoms with Crippen LogP contribution in [0.25, 0.3) is 0 Å². The minimum atomic E-state index is 0.0926. The van der Waals surface area contributed by atoms with Gasteiger partial charge < -0.3 is 10.6 Å². The lowest BCUT2D eigenvalue weighted by Crippen LogP contribution is -2.47. The van der Waals surface area contributed by atoms with Gasteiger partial charge in [0.25, 0.3) is 0 Å². The molecule has 3 heteroatoms. The first-order chi connectivity index (χ1) is 10.1. The van der Waals surface area contributed by atoms with E-state index in [9.17, 15) is 4.79 Å². The number of hydrogen-bond acceptors (Lipinski definition) is 2. The van der Waals surface area contributed by atoms with Crippen molar-refractivity contribution < 1.29 is 4.79 Å². The van der Waals surface area contributed by atoms with Crippen LogP contribution < -0.4 is 10.6 Å². The van der Waals surface area contributed by atoms with Crippen molar-refractivity contribution in [3.8, 4) is 0 Å². The first kappa shape index (κ1) is 15.3. The van der Waals surface area contributed by atoms with Gasteiger partial charge in [-0.3, -0.25) is 4.79 Å². The first-order valence-electron chi connectivity index (χ1n) is 9.11. The predicted molar refractivity (Wildman–Crippen MR) is 86.0 cm³/mol. The summed E-state index contributed by atoms with van der Waals surface area (Å²) in [4.78, 5) is 12.6. The van der Waals surface area contributed by atoms with Gasteiger partial charge in [-0.25, -0.2) is 0 Å². The van der Waals surface area contributed by atoms with Gasteiger partial charge in [0.1, 0.15) is 0 Å². The molecular formula is C18H32N2O. The Morgan fingerprint density at radius 3 is 2.71 bits per heavy atom. The molecule has 0 bridgehead atoms. The molecule has 0 aromatic rings. The lowest BCUT2D eigenvalue weighted by Gasteiger charge is -2.32. The topological polar surface area (TPSA) is 41.1 Å². The third kappa shape index (κ3) is 3.28. The normalized spacial score (nSPS) is 34.3. The molecule has 3 atom stereocenters. The first-order valence-corrected chi connectivity index (χ1v) is 9.11. The van der Waals surface area contributed by atoms with Gasteiger partial charge in [-0.05, 0) is 61.8 Å². The van der Waals surface area contributed by atoms with Crippen molar-refractivity contribution >= 4 is 5.91 Å². The number of fused-ring (bicyclic) bond motifs is 1. The average Bonchev–Trinajstić information content (AvgIpc) is 3.11. The standard InChI is InChI=1S/C18H32N2O/c1-13(2)10-18(8-3-4-9-18)12-20-17(21)16-15-7-5-6-14(15)11-19-16/h13-16,19H,3-12H2,1-2H3,(H,20,21). The van der Waals surface area contributed by atoms with Crippen molar-refractivity contribution in [3.63, 3.8) is 0 Å². The predicted octanol–water partition coefficient (Wildman–Crippen LogP) is 3.10. The van der Waals surface area contributed by atoms with Gasteiger partial charge in [-0.1, -0.05) is 33.1 Å². The Hall–Kier alpha value is -0.570. The average molecular weight is 292 g/mol. The van der Waals surface area contributed by atoms with E-state index in [0.717, 1.165) is 24.9 Å². The highest BCUT2D eigenvalue weighted by molar-refractivity contribution is 5.82. The van der Waals surface area contributed by atoms with Crippen LogP contribution in [0, 0.1) is 23.2 Å². The maximum atomic E-state index is 12.6. The van der Waals surface area contributed by atoms with Crippen molar-refractivity contribution in [2.24, 2.45) is 23.2 Å². The fourth-order valence-corrected chi connectivity index (χ4v) is 5.30. The summed E-state index contributed by atoms with van der Waals surface area (Å²) in [7, 11) is 0. The number of carbonyl (C=O) groups excluding carboxylic acids is 1. The van der Waals surface area contributed by atoms with Gasteiger partial charge in [0.15, 0.2) is 0 Å². The second kappa shape index (κ2) is 6.28. The minimum Gasteiger partial charge on any atom is -0.354 e. The van der Waals surface area contributed by atoms with Crippen LogP contribution in [0.15, 0.2) is 0 Å². The van der Waals surface area contributed by atoms with Gasteiger partial charge in [0.2, 0.25) is 5.91 Å². The Bertz CT molecular complexity index is 373. The van der Waals surface area contributed by atoms with E-state index in [1.54, 1.807) is 0 Å². The smallest absolute Gasteiger partial charge is 0.237 e. The van der Waals surface area contributed by atoms with Gasteiger partial charge in [-0.15, -0.1) is 0 Å². The lowest BCUT2D eigenvalue weighted by atomic mass is 9.78. The number of amides is 1. The van der Waals surface area contributed by atoms with E-state index < -0.39 is 0 Å². The van der Waals surface area contributed by atoms with Crippen molar-refractivity contribution in [1.82, 2.24) is 10.6 Å². The molecule has 2 aliphatic carbocycles. The van der Waals surface area contributed by atoms with Crippen molar-refractivity contribution in [2.75, 3.05) is 13.1 Å². The number of nitrogens with one attached hydrogen (secondary N) is 2. The molecule has 1 saturated heterocycles. The Labute approximate surface area is 129 Å². The molecule has 21 heavy (non-hydrogen) atoms. The van der Waals surface area contributed by atoms with Crippen LogP contribution in [0.2, 0.25) is 0 Å². The highest BCUT2D eigenvalue weighted by atomic mass is 16.2. The lowest BCUT2D eigenvalue weighted by molar-refractivity contribution is -0.124. The van der Waals surface area contributed by atoms with E-state index >= 15 is 0 Å². The van der Waals surface area contributed by atoms with E-state index in [4.69, 9.17) is 0 Å². The highest BCUT2D eigenvalue weighted by Crippen LogP contribution is 2.43.